The van der Waals surface area contributed by atoms with Crippen LogP contribution in [0.15, 0.2) is 23.2 Å². The number of esters is 1. The van der Waals surface area contributed by atoms with Crippen LogP contribution < -0.4 is 5.32 Å². The Bertz CT molecular complexity index is 690. The van der Waals surface area contributed by atoms with Crippen LogP contribution in [0.4, 0.5) is 4.39 Å². The van der Waals surface area contributed by atoms with Crippen LogP contribution in [0.2, 0.25) is 0 Å². The number of ether oxygens (including phenoxy) is 1. The van der Waals surface area contributed by atoms with Crippen molar-refractivity contribution in [1.82, 2.24) is 10.2 Å². The monoisotopic (exact) mass is 460 g/mol. The number of aliphatic imine (C=N–C) groups is 1. The van der Waals surface area contributed by atoms with Gasteiger partial charge in [-0.1, -0.05) is 6.92 Å². The summed E-state index contributed by atoms with van der Waals surface area (Å²) >= 11 is 0. The summed E-state index contributed by atoms with van der Waals surface area (Å²) in [6, 6.07) is 6.23. The number of carbonyl (C=O) groups excluding carboxylic acids is 1. The van der Waals surface area contributed by atoms with E-state index in [2.05, 4.69) is 10.3 Å². The SMILES string of the molecule is CN=C(NCc1cc(C#N)ccc1F)N1CC(C)C(C(=O)OC)C1.I. The zero-order valence-corrected chi connectivity index (χ0v) is 16.8. The van der Waals surface area contributed by atoms with E-state index >= 15 is 0 Å². The van der Waals surface area contributed by atoms with Crippen LogP contribution in [0.25, 0.3) is 0 Å². The average molecular weight is 460 g/mol. The van der Waals surface area contributed by atoms with Crippen molar-refractivity contribution in [2.24, 2.45) is 16.8 Å². The lowest BCUT2D eigenvalue weighted by Gasteiger charge is -2.21. The molecule has 1 aromatic carbocycles. The van der Waals surface area contributed by atoms with Crippen molar-refractivity contribution in [3.8, 4) is 6.07 Å². The van der Waals surface area contributed by atoms with Gasteiger partial charge in [0.15, 0.2) is 5.96 Å². The Morgan fingerprint density at radius 3 is 2.84 bits per heavy atom. The van der Waals surface area contributed by atoms with E-state index in [4.69, 9.17) is 10.00 Å². The van der Waals surface area contributed by atoms with Gasteiger partial charge >= 0.3 is 5.97 Å². The number of hydrogen-bond donors (Lipinski definition) is 1. The van der Waals surface area contributed by atoms with E-state index in [0.717, 1.165) is 0 Å². The van der Waals surface area contributed by atoms with Crippen LogP contribution in [0, 0.1) is 29.0 Å². The molecule has 0 saturated carbocycles. The molecule has 2 atom stereocenters. The Morgan fingerprint density at radius 1 is 1.52 bits per heavy atom. The first-order chi connectivity index (χ1) is 11.5. The largest absolute Gasteiger partial charge is 0.469 e. The van der Waals surface area contributed by atoms with E-state index in [9.17, 15) is 9.18 Å². The Morgan fingerprint density at radius 2 is 2.24 bits per heavy atom. The van der Waals surface area contributed by atoms with Gasteiger partial charge in [-0.2, -0.15) is 5.26 Å². The van der Waals surface area contributed by atoms with Gasteiger partial charge in [0.05, 0.1) is 24.7 Å². The van der Waals surface area contributed by atoms with Gasteiger partial charge in [0.25, 0.3) is 0 Å². The molecule has 25 heavy (non-hydrogen) atoms. The number of nitrogens with one attached hydrogen (secondary N) is 1. The van der Waals surface area contributed by atoms with Crippen molar-refractivity contribution >= 4 is 35.9 Å². The lowest BCUT2D eigenvalue weighted by molar-refractivity contribution is -0.145. The number of halogens is 2. The molecule has 6 nitrogen and oxygen atoms in total. The van der Waals surface area contributed by atoms with E-state index in [1.807, 2.05) is 17.9 Å². The highest BCUT2D eigenvalue weighted by Gasteiger charge is 2.36. The van der Waals surface area contributed by atoms with Crippen molar-refractivity contribution < 1.29 is 13.9 Å². The molecule has 2 unspecified atom stereocenters. The molecule has 0 bridgehead atoms. The average Bonchev–Trinajstić information content (AvgIpc) is 2.97. The number of likely N-dealkylation sites (tertiary alicyclic amines) is 1. The lowest BCUT2D eigenvalue weighted by atomic mass is 9.99. The normalized spacial score (nSPS) is 19.8. The van der Waals surface area contributed by atoms with E-state index < -0.39 is 0 Å². The van der Waals surface area contributed by atoms with Crippen molar-refractivity contribution in [2.45, 2.75) is 13.5 Å². The van der Waals surface area contributed by atoms with Crippen molar-refractivity contribution in [3.63, 3.8) is 0 Å². The number of guanidine groups is 1. The van der Waals surface area contributed by atoms with E-state index in [1.165, 1.54) is 25.3 Å². The van der Waals surface area contributed by atoms with Gasteiger partial charge in [0, 0.05) is 32.2 Å². The molecule has 0 spiro atoms. The number of carbonyl (C=O) groups is 1. The first-order valence-electron chi connectivity index (χ1n) is 7.72. The standard InChI is InChI=1S/C17H21FN4O2.HI/c1-11-9-22(10-14(11)16(23)24-3)17(20-2)21-8-13-6-12(7-19)4-5-15(13)18;/h4-6,11,14H,8-10H2,1-3H3,(H,20,21);1H. The lowest BCUT2D eigenvalue weighted by Crippen LogP contribution is -2.40. The minimum absolute atomic E-state index is 0. The zero-order chi connectivity index (χ0) is 17.7. The first kappa shape index (κ1) is 21.2. The van der Waals surface area contributed by atoms with E-state index in [0.29, 0.717) is 30.2 Å². The van der Waals surface area contributed by atoms with Crippen LogP contribution >= 0.6 is 24.0 Å². The Hall–Kier alpha value is -1.89. The van der Waals surface area contributed by atoms with Crippen molar-refractivity contribution in [1.29, 1.82) is 5.26 Å². The Kier molecular flexibility index (Phi) is 8.09. The molecule has 1 heterocycles. The van der Waals surface area contributed by atoms with E-state index in [-0.39, 0.29) is 54.1 Å². The fourth-order valence-corrected chi connectivity index (χ4v) is 2.88. The predicted octanol–water partition coefficient (Wildman–Crippen LogP) is 2.13. The molecule has 1 aliphatic rings. The smallest absolute Gasteiger partial charge is 0.310 e. The minimum Gasteiger partial charge on any atom is -0.469 e. The quantitative estimate of drug-likeness (QED) is 0.324. The molecule has 0 aliphatic carbocycles. The number of nitrogens with zero attached hydrogens (tertiary/aromatic N) is 3. The molecular formula is C17H22FIN4O2. The molecule has 1 fully saturated rings. The summed E-state index contributed by atoms with van der Waals surface area (Å²) in [6.45, 7) is 3.38. The van der Waals surface area contributed by atoms with Crippen LogP contribution in [0.3, 0.4) is 0 Å². The van der Waals surface area contributed by atoms with Gasteiger partial charge in [-0.3, -0.25) is 9.79 Å². The molecule has 1 aromatic rings. The summed E-state index contributed by atoms with van der Waals surface area (Å²) in [5.41, 5.74) is 0.802. The minimum atomic E-state index is -0.376. The van der Waals surface area contributed by atoms with Gasteiger partial charge in [0.2, 0.25) is 0 Å². The highest BCUT2D eigenvalue weighted by molar-refractivity contribution is 14.0. The summed E-state index contributed by atoms with van der Waals surface area (Å²) in [4.78, 5) is 17.9. The number of benzene rings is 1. The molecule has 136 valence electrons. The maximum absolute atomic E-state index is 13.8. The molecule has 0 aromatic heterocycles. The second-order valence-electron chi connectivity index (χ2n) is 5.83. The molecule has 1 N–H and O–H groups in total. The van der Waals surface area contributed by atoms with Crippen LogP contribution in [-0.2, 0) is 16.1 Å². The number of nitriles is 1. The van der Waals surface area contributed by atoms with Gasteiger partial charge in [-0.05, 0) is 24.1 Å². The van der Waals surface area contributed by atoms with Crippen molar-refractivity contribution in [3.05, 3.63) is 35.1 Å². The molecule has 1 aliphatic heterocycles. The third kappa shape index (κ3) is 5.04. The molecule has 1 saturated heterocycles. The summed E-state index contributed by atoms with van der Waals surface area (Å²) < 4.78 is 18.7. The highest BCUT2D eigenvalue weighted by Crippen LogP contribution is 2.24. The van der Waals surface area contributed by atoms with Gasteiger partial charge in [-0.25, -0.2) is 4.39 Å². The van der Waals surface area contributed by atoms with Gasteiger partial charge < -0.3 is 15.0 Å². The summed E-state index contributed by atoms with van der Waals surface area (Å²) in [7, 11) is 3.02. The summed E-state index contributed by atoms with van der Waals surface area (Å²) in [5, 5.41) is 12.0. The third-order valence-electron chi connectivity index (χ3n) is 4.24. The number of hydrogen-bond acceptors (Lipinski definition) is 4. The number of methoxy groups -OCH3 is 1. The number of rotatable bonds is 3. The zero-order valence-electron chi connectivity index (χ0n) is 14.5. The van der Waals surface area contributed by atoms with Crippen LogP contribution in [0.5, 0.6) is 0 Å². The highest BCUT2D eigenvalue weighted by atomic mass is 127. The van der Waals surface area contributed by atoms with Crippen molar-refractivity contribution in [2.75, 3.05) is 27.2 Å². The molecule has 0 radical (unpaired) electrons. The Labute approximate surface area is 164 Å². The fourth-order valence-electron chi connectivity index (χ4n) is 2.88. The second-order valence-corrected chi connectivity index (χ2v) is 5.83. The third-order valence-corrected chi connectivity index (χ3v) is 4.24. The Balaban J connectivity index is 0.00000312. The maximum atomic E-state index is 13.8. The molecule has 2 rings (SSSR count). The molecule has 8 heteroatoms. The maximum Gasteiger partial charge on any atom is 0.310 e. The van der Waals surface area contributed by atoms with Gasteiger partial charge in [-0.15, -0.1) is 24.0 Å². The first-order valence-corrected chi connectivity index (χ1v) is 7.72. The van der Waals surface area contributed by atoms with Crippen LogP contribution in [-0.4, -0.2) is 44.1 Å². The molecule has 0 amide bonds. The second kappa shape index (κ2) is 9.56. The topological polar surface area (TPSA) is 77.7 Å². The fraction of sp³-hybridized carbons (Fsp3) is 0.471. The molecular weight excluding hydrogens is 438 g/mol. The predicted molar refractivity (Wildman–Crippen MR) is 103 cm³/mol. The summed E-state index contributed by atoms with van der Waals surface area (Å²) in [6.07, 6.45) is 0. The van der Waals surface area contributed by atoms with Gasteiger partial charge in [0.1, 0.15) is 5.82 Å². The van der Waals surface area contributed by atoms with E-state index in [1.54, 1.807) is 7.05 Å². The van der Waals surface area contributed by atoms with Crippen LogP contribution in [0.1, 0.15) is 18.1 Å². The summed E-state index contributed by atoms with van der Waals surface area (Å²) in [5.74, 6) is -0.0655.